The van der Waals surface area contributed by atoms with Crippen molar-refractivity contribution in [3.63, 3.8) is 0 Å². The van der Waals surface area contributed by atoms with E-state index in [1.807, 2.05) is 13.8 Å². The number of carbonyl (C=O) groups is 1. The van der Waals surface area contributed by atoms with Crippen molar-refractivity contribution in [1.82, 2.24) is 9.47 Å². The van der Waals surface area contributed by atoms with Crippen molar-refractivity contribution in [2.24, 2.45) is 10.2 Å². The highest BCUT2D eigenvalue weighted by Gasteiger charge is 2.34. The number of nitrogens with zero attached hydrogens (tertiary/aromatic N) is 4. The van der Waals surface area contributed by atoms with Crippen LogP contribution in [0.5, 0.6) is 0 Å². The van der Waals surface area contributed by atoms with Crippen LogP contribution < -0.4 is 5.43 Å². The largest absolute Gasteiger partial charge is 0.382 e. The van der Waals surface area contributed by atoms with E-state index in [2.05, 4.69) is 10.2 Å². The average molecular weight is 442 g/mol. The van der Waals surface area contributed by atoms with E-state index in [9.17, 15) is 18.4 Å². The molecule has 2 aliphatic rings. The first-order valence-electron chi connectivity index (χ1n) is 10.4. The summed E-state index contributed by atoms with van der Waals surface area (Å²) in [6.07, 6.45) is 2.09. The zero-order chi connectivity index (χ0) is 23.0. The topological polar surface area (TPSA) is 76.3 Å². The highest BCUT2D eigenvalue weighted by Crippen LogP contribution is 2.22. The molecule has 0 spiro atoms. The van der Waals surface area contributed by atoms with Crippen LogP contribution in [0.1, 0.15) is 41.9 Å². The lowest BCUT2D eigenvalue weighted by Gasteiger charge is -2.40. The van der Waals surface area contributed by atoms with E-state index in [0.29, 0.717) is 41.4 Å². The van der Waals surface area contributed by atoms with E-state index < -0.39 is 11.6 Å². The summed E-state index contributed by atoms with van der Waals surface area (Å²) in [6, 6.07) is 4.55. The maximum Gasteiger partial charge on any atom is 0.271 e. The quantitative estimate of drug-likeness (QED) is 0.690. The van der Waals surface area contributed by atoms with Crippen LogP contribution in [-0.4, -0.2) is 52.6 Å². The third-order valence-electron chi connectivity index (χ3n) is 5.70. The first kappa shape index (κ1) is 22.0. The lowest BCUT2D eigenvalue weighted by atomic mass is 10.00. The van der Waals surface area contributed by atoms with Gasteiger partial charge in [-0.1, -0.05) is 6.07 Å². The molecule has 0 unspecified atom stereocenters. The predicted molar refractivity (Wildman–Crippen MR) is 116 cm³/mol. The Labute approximate surface area is 184 Å². The van der Waals surface area contributed by atoms with E-state index in [1.165, 1.54) is 18.2 Å². The number of halogens is 2. The molecule has 1 aromatic heterocycles. The zero-order valence-corrected chi connectivity index (χ0v) is 18.1. The number of methoxy groups -OCH3 is 1. The first-order valence-corrected chi connectivity index (χ1v) is 10.4. The summed E-state index contributed by atoms with van der Waals surface area (Å²) in [5.74, 6) is -1.50. The summed E-state index contributed by atoms with van der Waals surface area (Å²) >= 11 is 0. The molecule has 168 valence electrons. The summed E-state index contributed by atoms with van der Waals surface area (Å²) < 4.78 is 34.2. The predicted octanol–water partition coefficient (Wildman–Crippen LogP) is 2.80. The standard InChI is InChI=1S/C23H24F2N4O3/c1-13(2)29-17(12-32-3)10-28-11-18(22(30)9-21(28)23(29)31)20-8-16(26-27-20)6-14-4-5-15(24)7-19(14)25/h4-5,7,9,11,13,17H,6,8,10,12H2,1-3H3/t17-/m1/s1. The Balaban J connectivity index is 1.57. The number of ether oxygens (including phenoxy) is 1. The molecule has 0 fully saturated rings. The number of aromatic nitrogens is 1. The summed E-state index contributed by atoms with van der Waals surface area (Å²) in [4.78, 5) is 27.6. The van der Waals surface area contributed by atoms with Crippen molar-refractivity contribution in [2.45, 2.75) is 45.3 Å². The van der Waals surface area contributed by atoms with Crippen LogP contribution in [0.3, 0.4) is 0 Å². The monoisotopic (exact) mass is 442 g/mol. The van der Waals surface area contributed by atoms with Crippen molar-refractivity contribution < 1.29 is 18.3 Å². The fraction of sp³-hybridized carbons (Fsp3) is 0.391. The number of hydrogen-bond donors (Lipinski definition) is 0. The van der Waals surface area contributed by atoms with Gasteiger partial charge in [0.15, 0.2) is 5.43 Å². The Kier molecular flexibility index (Phi) is 6.01. The Hall–Kier alpha value is -3.20. The van der Waals surface area contributed by atoms with Gasteiger partial charge in [0, 0.05) is 50.9 Å². The lowest BCUT2D eigenvalue weighted by molar-refractivity contribution is 0.0312. The molecule has 0 radical (unpaired) electrons. The van der Waals surface area contributed by atoms with Crippen molar-refractivity contribution in [3.05, 3.63) is 69.1 Å². The van der Waals surface area contributed by atoms with Crippen LogP contribution in [0, 0.1) is 11.6 Å². The molecule has 1 aromatic carbocycles. The van der Waals surface area contributed by atoms with Gasteiger partial charge in [0.25, 0.3) is 5.91 Å². The Morgan fingerprint density at radius 3 is 2.66 bits per heavy atom. The van der Waals surface area contributed by atoms with E-state index in [-0.39, 0.29) is 36.3 Å². The molecule has 0 saturated carbocycles. The summed E-state index contributed by atoms with van der Waals surface area (Å²) in [5.41, 5.74) is 1.71. The van der Waals surface area contributed by atoms with E-state index in [0.717, 1.165) is 6.07 Å². The molecule has 0 N–H and O–H groups in total. The number of benzene rings is 1. The van der Waals surface area contributed by atoms with Crippen LogP contribution in [0.2, 0.25) is 0 Å². The molecule has 1 atom stereocenters. The van der Waals surface area contributed by atoms with Crippen molar-refractivity contribution in [2.75, 3.05) is 13.7 Å². The smallest absolute Gasteiger partial charge is 0.271 e. The molecule has 2 aliphatic heterocycles. The van der Waals surface area contributed by atoms with Gasteiger partial charge in [-0.2, -0.15) is 10.2 Å². The minimum absolute atomic E-state index is 0.0341. The molecule has 2 aromatic rings. The molecule has 32 heavy (non-hydrogen) atoms. The second kappa shape index (κ2) is 8.74. The van der Waals surface area contributed by atoms with Crippen LogP contribution in [0.4, 0.5) is 8.78 Å². The van der Waals surface area contributed by atoms with Crippen LogP contribution in [-0.2, 0) is 17.7 Å². The molecule has 3 heterocycles. The molecule has 0 saturated heterocycles. The van der Waals surface area contributed by atoms with E-state index in [4.69, 9.17) is 4.74 Å². The molecular formula is C23H24F2N4O3. The van der Waals surface area contributed by atoms with Gasteiger partial charge in [0.1, 0.15) is 17.3 Å². The average Bonchev–Trinajstić information content (AvgIpc) is 3.19. The van der Waals surface area contributed by atoms with Gasteiger partial charge < -0.3 is 14.2 Å². The molecule has 7 nitrogen and oxygen atoms in total. The number of rotatable bonds is 6. The normalized spacial score (nSPS) is 18.1. The molecule has 9 heteroatoms. The van der Waals surface area contributed by atoms with E-state index in [1.54, 1.807) is 22.8 Å². The fourth-order valence-corrected chi connectivity index (χ4v) is 4.25. The lowest BCUT2D eigenvalue weighted by Crippen LogP contribution is -2.53. The highest BCUT2D eigenvalue weighted by atomic mass is 19.1. The summed E-state index contributed by atoms with van der Waals surface area (Å²) in [6.45, 7) is 4.72. The van der Waals surface area contributed by atoms with E-state index >= 15 is 0 Å². The Morgan fingerprint density at radius 1 is 1.19 bits per heavy atom. The maximum absolute atomic E-state index is 14.0. The van der Waals surface area contributed by atoms with Gasteiger partial charge >= 0.3 is 0 Å². The molecule has 0 bridgehead atoms. The molecule has 4 rings (SSSR count). The number of carbonyl (C=O) groups excluding carboxylic acids is 1. The minimum atomic E-state index is -0.646. The van der Waals surface area contributed by atoms with Crippen LogP contribution in [0.25, 0.3) is 0 Å². The number of pyridine rings is 1. The van der Waals surface area contributed by atoms with Crippen molar-refractivity contribution in [3.8, 4) is 0 Å². The van der Waals surface area contributed by atoms with Gasteiger partial charge in [-0.25, -0.2) is 8.78 Å². The van der Waals surface area contributed by atoms with Crippen LogP contribution in [0.15, 0.2) is 45.5 Å². The fourth-order valence-electron chi connectivity index (χ4n) is 4.25. The third-order valence-corrected chi connectivity index (χ3v) is 5.70. The molecular weight excluding hydrogens is 418 g/mol. The molecule has 1 amide bonds. The first-order chi connectivity index (χ1) is 15.3. The maximum atomic E-state index is 14.0. The Morgan fingerprint density at radius 2 is 1.97 bits per heavy atom. The van der Waals surface area contributed by atoms with Crippen molar-refractivity contribution >= 4 is 17.3 Å². The highest BCUT2D eigenvalue weighted by molar-refractivity contribution is 6.15. The summed E-state index contributed by atoms with van der Waals surface area (Å²) in [5, 5.41) is 8.23. The summed E-state index contributed by atoms with van der Waals surface area (Å²) in [7, 11) is 1.59. The Bertz CT molecular complexity index is 1190. The second-order valence-electron chi connectivity index (χ2n) is 8.31. The third kappa shape index (κ3) is 4.12. The van der Waals surface area contributed by atoms with Gasteiger partial charge in [-0.3, -0.25) is 9.59 Å². The van der Waals surface area contributed by atoms with Gasteiger partial charge in [-0.05, 0) is 25.5 Å². The van der Waals surface area contributed by atoms with Crippen molar-refractivity contribution in [1.29, 1.82) is 0 Å². The van der Waals surface area contributed by atoms with Gasteiger partial charge in [-0.15, -0.1) is 0 Å². The number of hydrogen-bond acceptors (Lipinski definition) is 5. The number of fused-ring (bicyclic) bond motifs is 1. The zero-order valence-electron chi connectivity index (χ0n) is 18.1. The number of amides is 1. The van der Waals surface area contributed by atoms with Gasteiger partial charge in [0.2, 0.25) is 0 Å². The minimum Gasteiger partial charge on any atom is -0.382 e. The van der Waals surface area contributed by atoms with Gasteiger partial charge in [0.05, 0.1) is 29.6 Å². The molecule has 0 aliphatic carbocycles. The van der Waals surface area contributed by atoms with Crippen LogP contribution >= 0.6 is 0 Å². The second-order valence-corrected chi connectivity index (χ2v) is 8.31. The SMILES string of the molecule is COC[C@H]1Cn2cc(C3=NN=C(Cc4ccc(F)cc4F)C3)c(=O)cc2C(=O)N1C(C)C.